The van der Waals surface area contributed by atoms with Crippen molar-refractivity contribution in [2.75, 3.05) is 0 Å². The Morgan fingerprint density at radius 1 is 1.40 bits per heavy atom. The van der Waals surface area contributed by atoms with Crippen LogP contribution in [-0.4, -0.2) is 5.78 Å². The van der Waals surface area contributed by atoms with Crippen molar-refractivity contribution in [1.29, 1.82) is 0 Å². The van der Waals surface area contributed by atoms with E-state index in [1.807, 2.05) is 5.92 Å². The van der Waals surface area contributed by atoms with Crippen LogP contribution >= 0.6 is 0 Å². The second-order valence-corrected chi connectivity index (χ2v) is 1.51. The van der Waals surface area contributed by atoms with Crippen molar-refractivity contribution in [1.82, 2.24) is 0 Å². The van der Waals surface area contributed by atoms with Crippen LogP contribution in [0.4, 0.5) is 0 Å². The van der Waals surface area contributed by atoms with Crippen molar-refractivity contribution in [2.45, 2.75) is 12.8 Å². The zero-order valence-corrected chi connectivity index (χ0v) is 5.48. The van der Waals surface area contributed by atoms with Gasteiger partial charge < -0.3 is 0 Å². The number of hydrogen-bond donors (Lipinski definition) is 0. The van der Waals surface area contributed by atoms with E-state index >= 15 is 0 Å². The zero-order chi connectivity index (χ0) is 7.82. The van der Waals surface area contributed by atoms with Gasteiger partial charge in [0.1, 0.15) is 0 Å². The second kappa shape index (κ2) is 5.49. The molecule has 0 spiro atoms. The Hall–Kier alpha value is -1.65. The van der Waals surface area contributed by atoms with E-state index < -0.39 is 0 Å². The van der Waals surface area contributed by atoms with Gasteiger partial charge in [0.15, 0.2) is 0 Å². The molecule has 0 rings (SSSR count). The topological polar surface area (TPSA) is 17.1 Å². The number of hydrogen-bond acceptors (Lipinski definition) is 1. The van der Waals surface area contributed by atoms with Gasteiger partial charge in [-0.1, -0.05) is 5.92 Å². The number of rotatable bonds is 2. The molecule has 10 heavy (non-hydrogen) atoms. The molecule has 0 aliphatic heterocycles. The first-order valence-electron chi connectivity index (χ1n) is 2.74. The Bertz CT molecular complexity index is 249. The van der Waals surface area contributed by atoms with E-state index in [9.17, 15) is 4.79 Å². The molecule has 0 unspecified atom stereocenters. The Morgan fingerprint density at radius 2 is 2.10 bits per heavy atom. The maximum absolute atomic E-state index is 10.4. The van der Waals surface area contributed by atoms with Gasteiger partial charge in [0, 0.05) is 12.8 Å². The lowest BCUT2D eigenvalue weighted by Crippen LogP contribution is -1.89. The van der Waals surface area contributed by atoms with Gasteiger partial charge in [0.25, 0.3) is 0 Å². The SMILES string of the molecule is C#CC#CCCC(=O)C#C. The second-order valence-electron chi connectivity index (χ2n) is 1.51. The molecule has 0 aromatic heterocycles. The van der Waals surface area contributed by atoms with Gasteiger partial charge in [-0.3, -0.25) is 4.79 Å². The summed E-state index contributed by atoms with van der Waals surface area (Å²) >= 11 is 0. The molecule has 0 aliphatic carbocycles. The molecule has 48 valence electrons. The summed E-state index contributed by atoms with van der Waals surface area (Å²) in [4.78, 5) is 10.4. The van der Waals surface area contributed by atoms with Crippen LogP contribution in [0.5, 0.6) is 0 Å². The molecule has 0 heterocycles. The van der Waals surface area contributed by atoms with Gasteiger partial charge in [-0.25, -0.2) is 0 Å². The van der Waals surface area contributed by atoms with Crippen molar-refractivity contribution in [3.8, 4) is 36.5 Å². The third-order valence-corrected chi connectivity index (χ3v) is 0.799. The number of carbonyl (C=O) groups is 1. The van der Waals surface area contributed by atoms with E-state index in [0.29, 0.717) is 12.8 Å². The normalized spacial score (nSPS) is 6.20. The van der Waals surface area contributed by atoms with Crippen molar-refractivity contribution in [3.63, 3.8) is 0 Å². The lowest BCUT2D eigenvalue weighted by molar-refractivity contribution is -0.113. The molecular weight excluding hydrogens is 124 g/mol. The Labute approximate surface area is 60.8 Å². The smallest absolute Gasteiger partial charge is 0.206 e. The Kier molecular flexibility index (Phi) is 4.58. The average molecular weight is 130 g/mol. The molecule has 0 radical (unpaired) electrons. The summed E-state index contributed by atoms with van der Waals surface area (Å²) in [6.45, 7) is 0. The fourth-order valence-electron chi connectivity index (χ4n) is 0.362. The molecule has 0 fully saturated rings. The number of Topliss-reactive ketones (excluding diaryl/α,β-unsaturated/α-hetero) is 1. The molecule has 0 bridgehead atoms. The minimum Gasteiger partial charge on any atom is -0.285 e. The highest BCUT2D eigenvalue weighted by Gasteiger charge is 1.91. The van der Waals surface area contributed by atoms with Gasteiger partial charge in [0.2, 0.25) is 5.78 Å². The minimum atomic E-state index is -0.230. The fraction of sp³-hybridized carbons (Fsp3) is 0.222. The van der Waals surface area contributed by atoms with Crippen LogP contribution in [0.2, 0.25) is 0 Å². The van der Waals surface area contributed by atoms with Crippen LogP contribution < -0.4 is 0 Å². The van der Waals surface area contributed by atoms with Crippen LogP contribution in [0, 0.1) is 36.5 Å². The maximum Gasteiger partial charge on any atom is 0.206 e. The summed E-state index contributed by atoms with van der Waals surface area (Å²) in [7, 11) is 0. The molecule has 0 amide bonds. The molecule has 0 N–H and O–H groups in total. The largest absolute Gasteiger partial charge is 0.285 e. The van der Waals surface area contributed by atoms with Crippen LogP contribution in [-0.2, 0) is 4.79 Å². The molecule has 0 aromatic carbocycles. The lowest BCUT2D eigenvalue weighted by atomic mass is 10.2. The first kappa shape index (κ1) is 8.35. The molecule has 0 saturated heterocycles. The predicted molar refractivity (Wildman–Crippen MR) is 39.7 cm³/mol. The molecule has 0 atom stereocenters. The summed E-state index contributed by atoms with van der Waals surface area (Å²) in [5, 5.41) is 0. The summed E-state index contributed by atoms with van der Waals surface area (Å²) < 4.78 is 0. The maximum atomic E-state index is 10.4. The highest BCUT2D eigenvalue weighted by Crippen LogP contribution is 1.86. The van der Waals surface area contributed by atoms with Gasteiger partial charge >= 0.3 is 0 Å². The van der Waals surface area contributed by atoms with E-state index in [1.54, 1.807) is 0 Å². The standard InChI is InChI=1S/C9H6O/c1-3-5-6-7-8-9(10)4-2/h1-2H,7-8H2. The number of ketones is 1. The van der Waals surface area contributed by atoms with Crippen molar-refractivity contribution < 1.29 is 4.79 Å². The highest BCUT2D eigenvalue weighted by atomic mass is 16.1. The van der Waals surface area contributed by atoms with Gasteiger partial charge in [-0.05, 0) is 17.8 Å². The van der Waals surface area contributed by atoms with E-state index in [1.165, 1.54) is 0 Å². The minimum absolute atomic E-state index is 0.230. The number of terminal acetylenes is 2. The monoisotopic (exact) mass is 130 g/mol. The zero-order valence-electron chi connectivity index (χ0n) is 5.48. The van der Waals surface area contributed by atoms with E-state index in [0.717, 1.165) is 0 Å². The van der Waals surface area contributed by atoms with E-state index in [-0.39, 0.29) is 5.78 Å². The van der Waals surface area contributed by atoms with Crippen molar-refractivity contribution >= 4 is 5.78 Å². The van der Waals surface area contributed by atoms with Crippen LogP contribution in [0.1, 0.15) is 12.8 Å². The Balaban J connectivity index is 3.51. The lowest BCUT2D eigenvalue weighted by Gasteiger charge is -1.81. The summed E-state index contributed by atoms with van der Waals surface area (Å²) in [5.74, 6) is 8.87. The fourth-order valence-corrected chi connectivity index (χ4v) is 0.362. The quantitative estimate of drug-likeness (QED) is 0.395. The summed E-state index contributed by atoms with van der Waals surface area (Å²) in [5.41, 5.74) is 0. The van der Waals surface area contributed by atoms with Crippen LogP contribution in [0.25, 0.3) is 0 Å². The molecular formula is C9H6O. The van der Waals surface area contributed by atoms with Crippen LogP contribution in [0.3, 0.4) is 0 Å². The molecule has 1 nitrogen and oxygen atoms in total. The molecule has 0 saturated carbocycles. The molecule has 0 aromatic rings. The van der Waals surface area contributed by atoms with Crippen LogP contribution in [0.15, 0.2) is 0 Å². The third kappa shape index (κ3) is 4.51. The predicted octanol–water partition coefficient (Wildman–Crippen LogP) is 0.606. The first-order chi connectivity index (χ1) is 4.81. The van der Waals surface area contributed by atoms with E-state index in [4.69, 9.17) is 12.8 Å². The van der Waals surface area contributed by atoms with E-state index in [2.05, 4.69) is 17.8 Å². The van der Waals surface area contributed by atoms with Gasteiger partial charge in [0.05, 0.1) is 0 Å². The highest BCUT2D eigenvalue weighted by molar-refractivity contribution is 5.94. The average Bonchev–Trinajstić information content (AvgIpc) is 1.98. The van der Waals surface area contributed by atoms with Crippen molar-refractivity contribution in [3.05, 3.63) is 0 Å². The third-order valence-electron chi connectivity index (χ3n) is 0.799. The molecule has 1 heteroatoms. The number of carbonyl (C=O) groups excluding carboxylic acids is 1. The van der Waals surface area contributed by atoms with Gasteiger partial charge in [-0.15, -0.1) is 12.8 Å². The van der Waals surface area contributed by atoms with Gasteiger partial charge in [-0.2, -0.15) is 0 Å². The molecule has 0 aliphatic rings. The Morgan fingerprint density at radius 3 is 2.60 bits per heavy atom. The summed E-state index contributed by atoms with van der Waals surface area (Å²) in [6, 6.07) is 0. The summed E-state index contributed by atoms with van der Waals surface area (Å²) in [6.07, 6.45) is 10.4. The first-order valence-corrected chi connectivity index (χ1v) is 2.74. The van der Waals surface area contributed by atoms with Crippen molar-refractivity contribution in [2.24, 2.45) is 0 Å².